The first-order valence-electron chi connectivity index (χ1n) is 9.79. The first kappa shape index (κ1) is 17.1. The number of rotatable bonds is 4. The summed E-state index contributed by atoms with van der Waals surface area (Å²) in [5, 5.41) is 14.3. The van der Waals surface area contributed by atoms with Gasteiger partial charge in [0, 0.05) is 18.3 Å². The molecule has 1 amide bonds. The lowest BCUT2D eigenvalue weighted by Gasteiger charge is -2.25. The van der Waals surface area contributed by atoms with Gasteiger partial charge < -0.3 is 4.74 Å². The van der Waals surface area contributed by atoms with Gasteiger partial charge >= 0.3 is 0 Å². The van der Waals surface area contributed by atoms with E-state index in [4.69, 9.17) is 9.72 Å². The molecule has 146 valence electrons. The molecule has 0 radical (unpaired) electrons. The summed E-state index contributed by atoms with van der Waals surface area (Å²) in [5.74, 6) is 0.694. The maximum Gasteiger partial charge on any atom is 0.249 e. The third-order valence-electron chi connectivity index (χ3n) is 6.28. The number of nitrogens with zero attached hydrogens (tertiary/aromatic N) is 6. The van der Waals surface area contributed by atoms with Gasteiger partial charge in [0.05, 0.1) is 52.9 Å². The van der Waals surface area contributed by atoms with Crippen molar-refractivity contribution >= 4 is 33.3 Å². The van der Waals surface area contributed by atoms with Crippen molar-refractivity contribution in [3.63, 3.8) is 0 Å². The van der Waals surface area contributed by atoms with Crippen LogP contribution in [0.25, 0.3) is 21.5 Å². The molecular formula is C20H18N6O2S. The van der Waals surface area contributed by atoms with Crippen LogP contribution in [0.1, 0.15) is 25.3 Å². The summed E-state index contributed by atoms with van der Waals surface area (Å²) < 4.78 is 8.03. The largest absolute Gasteiger partial charge is 0.377 e. The van der Waals surface area contributed by atoms with E-state index in [-0.39, 0.29) is 17.9 Å². The minimum absolute atomic E-state index is 0.107. The zero-order valence-electron chi connectivity index (χ0n) is 15.6. The van der Waals surface area contributed by atoms with E-state index in [2.05, 4.69) is 16.2 Å². The molecule has 3 aromatic heterocycles. The van der Waals surface area contributed by atoms with Crippen LogP contribution >= 0.6 is 11.3 Å². The van der Waals surface area contributed by atoms with Gasteiger partial charge in [-0.2, -0.15) is 10.4 Å². The smallest absolute Gasteiger partial charge is 0.249 e. The normalized spacial score (nSPS) is 24.8. The Labute approximate surface area is 170 Å². The fraction of sp³-hybridized carbons (Fsp3) is 0.450. The fourth-order valence-corrected chi connectivity index (χ4v) is 5.08. The molecule has 3 fully saturated rings. The quantitative estimate of drug-likeness (QED) is 0.661. The highest BCUT2D eigenvalue weighted by Crippen LogP contribution is 2.52. The molecule has 2 saturated heterocycles. The minimum Gasteiger partial charge on any atom is -0.377 e. The minimum atomic E-state index is -0.885. The van der Waals surface area contributed by atoms with Crippen molar-refractivity contribution in [2.45, 2.75) is 25.3 Å². The second-order valence-electron chi connectivity index (χ2n) is 8.00. The molecule has 0 aromatic carbocycles. The molecule has 9 heteroatoms. The topological polar surface area (TPSA) is 96.9 Å². The van der Waals surface area contributed by atoms with Gasteiger partial charge in [-0.05, 0) is 31.2 Å². The third kappa shape index (κ3) is 2.46. The number of fused-ring (bicyclic) bond motifs is 1. The van der Waals surface area contributed by atoms with Crippen molar-refractivity contribution in [2.75, 3.05) is 24.7 Å². The lowest BCUT2D eigenvalue weighted by molar-refractivity contribution is -0.123. The van der Waals surface area contributed by atoms with Gasteiger partial charge in [0.2, 0.25) is 5.91 Å². The van der Waals surface area contributed by atoms with Gasteiger partial charge in [0.15, 0.2) is 5.82 Å². The third-order valence-corrected chi connectivity index (χ3v) is 7.11. The van der Waals surface area contributed by atoms with E-state index in [1.54, 1.807) is 16.6 Å². The summed E-state index contributed by atoms with van der Waals surface area (Å²) >= 11 is 1.47. The number of hydrogen-bond donors (Lipinski definition) is 0. The van der Waals surface area contributed by atoms with Gasteiger partial charge in [0.25, 0.3) is 0 Å². The second kappa shape index (κ2) is 6.08. The molecule has 1 saturated carbocycles. The van der Waals surface area contributed by atoms with Crippen LogP contribution in [-0.2, 0) is 9.53 Å². The predicted octanol–water partition coefficient (Wildman–Crippen LogP) is 2.78. The zero-order valence-corrected chi connectivity index (χ0v) is 16.4. The molecule has 3 aromatic rings. The van der Waals surface area contributed by atoms with Crippen LogP contribution in [0.2, 0.25) is 0 Å². The van der Waals surface area contributed by atoms with Crippen molar-refractivity contribution < 1.29 is 9.53 Å². The van der Waals surface area contributed by atoms with Gasteiger partial charge in [-0.3, -0.25) is 14.4 Å². The molecule has 0 unspecified atom stereocenters. The van der Waals surface area contributed by atoms with E-state index in [0.717, 1.165) is 34.3 Å². The van der Waals surface area contributed by atoms with E-state index in [1.165, 1.54) is 11.3 Å². The number of thiazole rings is 1. The number of aromatic nitrogens is 4. The van der Waals surface area contributed by atoms with Crippen molar-refractivity contribution in [3.8, 4) is 17.3 Å². The average molecular weight is 406 g/mol. The summed E-state index contributed by atoms with van der Waals surface area (Å²) in [6.07, 6.45) is 6.24. The Kier molecular flexibility index (Phi) is 3.58. The molecule has 0 spiro atoms. The molecule has 8 nitrogen and oxygen atoms in total. The Balaban J connectivity index is 1.42. The van der Waals surface area contributed by atoms with E-state index < -0.39 is 5.41 Å². The predicted molar refractivity (Wildman–Crippen MR) is 106 cm³/mol. The van der Waals surface area contributed by atoms with Crippen LogP contribution < -0.4 is 4.90 Å². The average Bonchev–Trinajstić information content (AvgIpc) is 3.12. The summed E-state index contributed by atoms with van der Waals surface area (Å²) in [6, 6.07) is 4.55. The number of carbonyl (C=O) groups is 1. The van der Waals surface area contributed by atoms with E-state index >= 15 is 0 Å². The SMILES string of the molecule is N#C[C@@]1(C2CC2)CCN(c2nc(-c3cnn(C4COC4)c3)cc3ncsc23)C1=O. The Morgan fingerprint density at radius 3 is 2.93 bits per heavy atom. The Bertz CT molecular complexity index is 1170. The molecule has 2 aliphatic heterocycles. The van der Waals surface area contributed by atoms with Gasteiger partial charge in [-0.25, -0.2) is 9.97 Å². The highest BCUT2D eigenvalue weighted by atomic mass is 32.1. The highest BCUT2D eigenvalue weighted by molar-refractivity contribution is 7.17. The van der Waals surface area contributed by atoms with Crippen LogP contribution in [0.15, 0.2) is 24.0 Å². The first-order valence-corrected chi connectivity index (χ1v) is 10.7. The highest BCUT2D eigenvalue weighted by Gasteiger charge is 2.57. The molecular weight excluding hydrogens is 388 g/mol. The Hall–Kier alpha value is -2.83. The van der Waals surface area contributed by atoms with Crippen molar-refractivity contribution in [3.05, 3.63) is 24.0 Å². The number of carbonyl (C=O) groups excluding carboxylic acids is 1. The van der Waals surface area contributed by atoms with Gasteiger partial charge in [-0.15, -0.1) is 11.3 Å². The summed E-state index contributed by atoms with van der Waals surface area (Å²) in [5.41, 5.74) is 3.31. The number of amides is 1. The van der Waals surface area contributed by atoms with Crippen molar-refractivity contribution in [2.24, 2.45) is 11.3 Å². The second-order valence-corrected chi connectivity index (χ2v) is 8.85. The lowest BCUT2D eigenvalue weighted by atomic mass is 9.83. The molecule has 1 aliphatic carbocycles. The number of anilines is 1. The Morgan fingerprint density at radius 1 is 1.34 bits per heavy atom. The fourth-order valence-electron chi connectivity index (χ4n) is 4.32. The van der Waals surface area contributed by atoms with Gasteiger partial charge in [-0.1, -0.05) is 0 Å². The molecule has 6 rings (SSSR count). The van der Waals surface area contributed by atoms with E-state index in [1.807, 2.05) is 16.9 Å². The number of hydrogen-bond acceptors (Lipinski definition) is 7. The summed E-state index contributed by atoms with van der Waals surface area (Å²) in [6.45, 7) is 1.86. The maximum absolute atomic E-state index is 13.3. The number of pyridine rings is 1. The molecule has 29 heavy (non-hydrogen) atoms. The van der Waals surface area contributed by atoms with Crippen LogP contribution in [0.5, 0.6) is 0 Å². The first-order chi connectivity index (χ1) is 14.2. The lowest BCUT2D eigenvalue weighted by Crippen LogP contribution is -2.35. The molecule has 5 heterocycles. The summed E-state index contributed by atoms with van der Waals surface area (Å²) in [7, 11) is 0. The van der Waals surface area contributed by atoms with E-state index in [0.29, 0.717) is 32.0 Å². The Morgan fingerprint density at radius 2 is 2.21 bits per heavy atom. The number of ether oxygens (including phenoxy) is 1. The monoisotopic (exact) mass is 406 g/mol. The van der Waals surface area contributed by atoms with Gasteiger partial charge in [0.1, 0.15) is 5.41 Å². The van der Waals surface area contributed by atoms with Crippen molar-refractivity contribution in [1.82, 2.24) is 19.7 Å². The molecule has 0 bridgehead atoms. The van der Waals surface area contributed by atoms with Crippen LogP contribution in [0.3, 0.4) is 0 Å². The zero-order chi connectivity index (χ0) is 19.6. The maximum atomic E-state index is 13.3. The molecule has 3 aliphatic rings. The van der Waals surface area contributed by atoms with Crippen LogP contribution in [0, 0.1) is 22.7 Å². The summed E-state index contributed by atoms with van der Waals surface area (Å²) in [4.78, 5) is 24.3. The van der Waals surface area contributed by atoms with Crippen molar-refractivity contribution in [1.29, 1.82) is 5.26 Å². The van der Waals surface area contributed by atoms with E-state index in [9.17, 15) is 10.1 Å². The molecule has 0 N–H and O–H groups in total. The van der Waals surface area contributed by atoms with Crippen LogP contribution in [-0.4, -0.2) is 45.4 Å². The standard InChI is InChI=1S/C20H18N6O2S/c21-10-20(13-1-2-13)3-4-25(19(20)27)18-17-16(22-11-29-17)5-15(24-18)12-6-23-26(7-12)14-8-28-9-14/h5-7,11,13-14H,1-4,8-9H2/t20-/m1/s1. The van der Waals surface area contributed by atoms with Crippen LogP contribution in [0.4, 0.5) is 5.82 Å². The molecule has 1 atom stereocenters. The number of nitriles is 1.